The number of methoxy groups -OCH3 is 1. The minimum Gasteiger partial charge on any atom is -0.497 e. The summed E-state index contributed by atoms with van der Waals surface area (Å²) in [5.41, 5.74) is -0.335. The van der Waals surface area contributed by atoms with Crippen LogP contribution < -0.4 is 4.74 Å². The van der Waals surface area contributed by atoms with Gasteiger partial charge in [-0.25, -0.2) is 12.7 Å². The molecule has 2 rings (SSSR count). The van der Waals surface area contributed by atoms with Gasteiger partial charge in [0.05, 0.1) is 18.5 Å². The predicted molar refractivity (Wildman–Crippen MR) is 106 cm³/mol. The summed E-state index contributed by atoms with van der Waals surface area (Å²) in [5.74, 6) is 0.346. The lowest BCUT2D eigenvalue weighted by Crippen LogP contribution is -2.54. The predicted octanol–water partition coefficient (Wildman–Crippen LogP) is 1.70. The first kappa shape index (κ1) is 22.9. The van der Waals surface area contributed by atoms with Crippen molar-refractivity contribution in [2.45, 2.75) is 12.0 Å². The molecule has 6 nitrogen and oxygen atoms in total. The highest BCUT2D eigenvalue weighted by atomic mass is 35.5. The summed E-state index contributed by atoms with van der Waals surface area (Å²) in [6, 6.07) is 7.38. The molecular weight excluding hydrogens is 376 g/mol. The number of piperidine rings is 1. The SMILES string of the molecule is C=CCS(=O)(=O)N1CCC(O)(c2cccc(OC)c2)C(CN(C)C)C1.Cl. The van der Waals surface area contributed by atoms with Crippen LogP contribution >= 0.6 is 12.4 Å². The van der Waals surface area contributed by atoms with E-state index >= 15 is 0 Å². The minimum absolute atomic E-state index is 0. The van der Waals surface area contributed by atoms with E-state index in [0.29, 0.717) is 18.7 Å². The summed E-state index contributed by atoms with van der Waals surface area (Å²) in [4.78, 5) is 1.97. The van der Waals surface area contributed by atoms with Crippen LogP contribution in [0.4, 0.5) is 0 Å². The largest absolute Gasteiger partial charge is 0.497 e. The van der Waals surface area contributed by atoms with Crippen LogP contribution in [0.1, 0.15) is 12.0 Å². The number of aliphatic hydroxyl groups is 1. The van der Waals surface area contributed by atoms with Gasteiger partial charge in [-0.2, -0.15) is 0 Å². The number of sulfonamides is 1. The van der Waals surface area contributed by atoms with E-state index in [-0.39, 0.29) is 37.2 Å². The third-order valence-electron chi connectivity index (χ3n) is 4.72. The second kappa shape index (κ2) is 9.19. The number of hydrogen-bond acceptors (Lipinski definition) is 5. The maximum absolute atomic E-state index is 12.4. The molecule has 1 N–H and O–H groups in total. The topological polar surface area (TPSA) is 70.1 Å². The van der Waals surface area contributed by atoms with Gasteiger partial charge in [0.25, 0.3) is 0 Å². The molecule has 0 aliphatic carbocycles. The maximum Gasteiger partial charge on any atom is 0.217 e. The van der Waals surface area contributed by atoms with Crippen molar-refractivity contribution in [3.63, 3.8) is 0 Å². The van der Waals surface area contributed by atoms with Gasteiger partial charge >= 0.3 is 0 Å². The van der Waals surface area contributed by atoms with E-state index in [4.69, 9.17) is 4.74 Å². The quantitative estimate of drug-likeness (QED) is 0.700. The molecule has 2 atom stereocenters. The Labute approximate surface area is 162 Å². The molecule has 0 radical (unpaired) electrons. The summed E-state index contributed by atoms with van der Waals surface area (Å²) in [7, 11) is 2.04. The van der Waals surface area contributed by atoms with E-state index in [1.54, 1.807) is 7.11 Å². The van der Waals surface area contributed by atoms with Gasteiger partial charge in [0.15, 0.2) is 0 Å². The normalized spacial score (nSPS) is 24.1. The molecule has 1 saturated heterocycles. The van der Waals surface area contributed by atoms with Crippen LogP contribution in [0.25, 0.3) is 0 Å². The van der Waals surface area contributed by atoms with Crippen molar-refractivity contribution in [3.8, 4) is 5.75 Å². The van der Waals surface area contributed by atoms with Crippen LogP contribution in [0.15, 0.2) is 36.9 Å². The minimum atomic E-state index is -3.39. The van der Waals surface area contributed by atoms with E-state index in [9.17, 15) is 13.5 Å². The molecule has 8 heteroatoms. The first-order valence-corrected chi connectivity index (χ1v) is 9.94. The number of hydrogen-bond donors (Lipinski definition) is 1. The van der Waals surface area contributed by atoms with Crippen LogP contribution in [0.5, 0.6) is 5.75 Å². The average molecular weight is 405 g/mol. The Morgan fingerprint density at radius 3 is 2.73 bits per heavy atom. The second-order valence-corrected chi connectivity index (χ2v) is 8.80. The zero-order valence-corrected chi connectivity index (χ0v) is 17.2. The molecule has 1 heterocycles. The number of halogens is 1. The molecule has 1 aromatic rings. The van der Waals surface area contributed by atoms with Gasteiger partial charge < -0.3 is 14.7 Å². The molecular formula is C18H29ClN2O4S. The Bertz CT molecular complexity index is 711. The van der Waals surface area contributed by atoms with Crippen LogP contribution in [-0.4, -0.2) is 69.3 Å². The van der Waals surface area contributed by atoms with Crippen molar-refractivity contribution in [1.29, 1.82) is 0 Å². The summed E-state index contributed by atoms with van der Waals surface area (Å²) in [6.07, 6.45) is 1.74. The van der Waals surface area contributed by atoms with Crippen molar-refractivity contribution < 1.29 is 18.3 Å². The van der Waals surface area contributed by atoms with Crippen molar-refractivity contribution >= 4 is 22.4 Å². The monoisotopic (exact) mass is 404 g/mol. The van der Waals surface area contributed by atoms with Gasteiger partial charge in [-0.15, -0.1) is 19.0 Å². The Morgan fingerprint density at radius 2 is 2.15 bits per heavy atom. The van der Waals surface area contributed by atoms with E-state index in [1.165, 1.54) is 10.4 Å². The third kappa shape index (κ3) is 4.98. The van der Waals surface area contributed by atoms with Crippen molar-refractivity contribution in [1.82, 2.24) is 9.21 Å². The Hall–Kier alpha value is -1.12. The van der Waals surface area contributed by atoms with Crippen LogP contribution in [0.3, 0.4) is 0 Å². The number of ether oxygens (including phenoxy) is 1. The lowest BCUT2D eigenvalue weighted by atomic mass is 9.76. The molecule has 0 amide bonds. The van der Waals surface area contributed by atoms with Crippen molar-refractivity contribution in [2.75, 3.05) is 46.6 Å². The maximum atomic E-state index is 12.4. The van der Waals surface area contributed by atoms with Gasteiger partial charge in [0, 0.05) is 25.6 Å². The molecule has 1 aliphatic heterocycles. The van der Waals surface area contributed by atoms with Gasteiger partial charge in [-0.05, 0) is 38.2 Å². The van der Waals surface area contributed by atoms with Crippen LogP contribution in [0.2, 0.25) is 0 Å². The molecule has 148 valence electrons. The van der Waals surface area contributed by atoms with Crippen molar-refractivity contribution in [3.05, 3.63) is 42.5 Å². The summed E-state index contributed by atoms with van der Waals surface area (Å²) in [5, 5.41) is 11.5. The Kier molecular flexibility index (Phi) is 8.10. The molecule has 0 spiro atoms. The molecule has 1 aliphatic rings. The second-order valence-electron chi connectivity index (χ2n) is 6.79. The van der Waals surface area contributed by atoms with Crippen molar-refractivity contribution in [2.24, 2.45) is 5.92 Å². The molecule has 1 aromatic carbocycles. The van der Waals surface area contributed by atoms with Gasteiger partial charge in [-0.3, -0.25) is 0 Å². The van der Waals surface area contributed by atoms with Gasteiger partial charge in [-0.1, -0.05) is 18.2 Å². The zero-order chi connectivity index (χ0) is 18.7. The smallest absolute Gasteiger partial charge is 0.217 e. The molecule has 2 unspecified atom stereocenters. The van der Waals surface area contributed by atoms with E-state index in [1.807, 2.05) is 43.3 Å². The first-order valence-electron chi connectivity index (χ1n) is 8.33. The highest BCUT2D eigenvalue weighted by molar-refractivity contribution is 7.89. The van der Waals surface area contributed by atoms with E-state index in [0.717, 1.165) is 5.56 Å². The average Bonchev–Trinajstić information content (AvgIpc) is 2.56. The molecule has 1 fully saturated rings. The first-order chi connectivity index (χ1) is 11.7. The van der Waals surface area contributed by atoms with Crippen LogP contribution in [-0.2, 0) is 15.6 Å². The number of rotatable bonds is 7. The fraction of sp³-hybridized carbons (Fsp3) is 0.556. The fourth-order valence-electron chi connectivity index (χ4n) is 3.42. The molecule has 0 saturated carbocycles. The summed E-state index contributed by atoms with van der Waals surface area (Å²) >= 11 is 0. The third-order valence-corrected chi connectivity index (χ3v) is 6.49. The van der Waals surface area contributed by atoms with Crippen LogP contribution in [0, 0.1) is 5.92 Å². The summed E-state index contributed by atoms with van der Waals surface area (Å²) in [6.45, 7) is 4.67. The van der Waals surface area contributed by atoms with Gasteiger partial charge in [0.1, 0.15) is 5.75 Å². The lowest BCUT2D eigenvalue weighted by molar-refractivity contribution is -0.0698. The Balaban J connectivity index is 0.00000338. The molecule has 0 aromatic heterocycles. The Morgan fingerprint density at radius 1 is 1.46 bits per heavy atom. The standard InChI is InChI=1S/C18H28N2O4S.ClH/c1-5-11-25(22,23)20-10-9-18(21,16(14-20)13-19(2)3)15-7-6-8-17(12-15)24-4;/h5-8,12,16,21H,1,9-11,13-14H2,2-4H3;1H. The molecule has 0 bridgehead atoms. The number of benzene rings is 1. The highest BCUT2D eigenvalue weighted by Crippen LogP contribution is 2.39. The number of nitrogens with zero attached hydrogens (tertiary/aromatic N) is 2. The fourth-order valence-corrected chi connectivity index (χ4v) is 4.70. The van der Waals surface area contributed by atoms with Gasteiger partial charge in [0.2, 0.25) is 10.0 Å². The van der Waals surface area contributed by atoms with E-state index < -0.39 is 15.6 Å². The van der Waals surface area contributed by atoms with E-state index in [2.05, 4.69) is 6.58 Å². The highest BCUT2D eigenvalue weighted by Gasteiger charge is 2.45. The molecule has 26 heavy (non-hydrogen) atoms. The lowest BCUT2D eigenvalue weighted by Gasteiger charge is -2.45. The summed E-state index contributed by atoms with van der Waals surface area (Å²) < 4.78 is 31.6. The zero-order valence-electron chi connectivity index (χ0n) is 15.6.